The normalized spacial score (nSPS) is 22.4. The summed E-state index contributed by atoms with van der Waals surface area (Å²) in [5.41, 5.74) is 0.172. The Morgan fingerprint density at radius 3 is 2.35 bits per heavy atom. The molecule has 1 aliphatic carbocycles. The summed E-state index contributed by atoms with van der Waals surface area (Å²) in [6.07, 6.45) is -0.547. The maximum absolute atomic E-state index is 13.9. The van der Waals surface area contributed by atoms with E-state index in [1.54, 1.807) is 12.1 Å². The van der Waals surface area contributed by atoms with Crippen LogP contribution < -0.4 is 4.74 Å². The molecule has 0 N–H and O–H groups in total. The lowest BCUT2D eigenvalue weighted by Crippen LogP contribution is -2.50. The van der Waals surface area contributed by atoms with Crippen molar-refractivity contribution in [2.45, 2.75) is 65.3 Å². The van der Waals surface area contributed by atoms with Crippen LogP contribution in [0.3, 0.4) is 0 Å². The van der Waals surface area contributed by atoms with Crippen molar-refractivity contribution >= 4 is 16.9 Å². The first-order chi connectivity index (χ1) is 15.9. The van der Waals surface area contributed by atoms with Crippen LogP contribution in [-0.2, 0) is 22.3 Å². The van der Waals surface area contributed by atoms with Gasteiger partial charge in [0, 0.05) is 25.0 Å². The summed E-state index contributed by atoms with van der Waals surface area (Å²) in [7, 11) is 1.33. The van der Waals surface area contributed by atoms with Crippen LogP contribution in [0.2, 0.25) is 0 Å². The second-order valence-electron chi connectivity index (χ2n) is 10.7. The van der Waals surface area contributed by atoms with Crippen LogP contribution in [0, 0.1) is 17.3 Å². The van der Waals surface area contributed by atoms with Crippen molar-refractivity contribution < 1.29 is 27.4 Å². The lowest BCUT2D eigenvalue weighted by Gasteiger charge is -2.37. The Hall–Kier alpha value is -2.35. The van der Waals surface area contributed by atoms with E-state index in [-0.39, 0.29) is 35.3 Å². The maximum atomic E-state index is 13.9. The molecule has 0 radical (unpaired) electrons. The van der Waals surface area contributed by atoms with E-state index < -0.39 is 11.7 Å². The summed E-state index contributed by atoms with van der Waals surface area (Å²) < 4.78 is 52.7. The number of nitrogens with zero attached hydrogens (tertiary/aromatic N) is 2. The van der Waals surface area contributed by atoms with E-state index in [9.17, 15) is 18.0 Å². The number of esters is 1. The number of aromatic nitrogens is 1. The van der Waals surface area contributed by atoms with E-state index in [0.29, 0.717) is 36.0 Å². The minimum absolute atomic E-state index is 0.0202. The third kappa shape index (κ3) is 5.48. The molecule has 8 heteroatoms. The molecule has 0 atom stereocenters. The van der Waals surface area contributed by atoms with E-state index in [1.807, 2.05) is 4.90 Å². The standard InChI is InChI=1S/C26H33F3N2O3/c1-25(2,3)17-5-7-19(8-6-17)34-20-9-10-23-21(12-20)22(26(27,28)29)11-18(30-23)15-31-13-16(14-31)24(32)33-4/h9-12,16-17,19H,5-8,13-15H2,1-4H3. The molecule has 0 amide bonds. The van der Waals surface area contributed by atoms with Crippen molar-refractivity contribution in [3.63, 3.8) is 0 Å². The molecule has 0 unspecified atom stereocenters. The lowest BCUT2D eigenvalue weighted by molar-refractivity contribution is -0.151. The summed E-state index contributed by atoms with van der Waals surface area (Å²) in [4.78, 5) is 17.9. The number of benzene rings is 1. The molecule has 2 aliphatic rings. The highest BCUT2D eigenvalue weighted by Crippen LogP contribution is 2.40. The highest BCUT2D eigenvalue weighted by molar-refractivity contribution is 5.84. The molecule has 186 valence electrons. The summed E-state index contributed by atoms with van der Waals surface area (Å²) in [5, 5.41) is 0.0492. The number of methoxy groups -OCH3 is 1. The smallest absolute Gasteiger partial charge is 0.417 e. The molecule has 2 aromatic rings. The van der Waals surface area contributed by atoms with Gasteiger partial charge >= 0.3 is 12.1 Å². The Morgan fingerprint density at radius 1 is 1.09 bits per heavy atom. The SMILES string of the molecule is COC(=O)C1CN(Cc2cc(C(F)(F)F)c3cc(OC4CCC(C(C)(C)C)CC4)ccc3n2)C1. The Balaban J connectivity index is 1.50. The Morgan fingerprint density at radius 2 is 1.76 bits per heavy atom. The lowest BCUT2D eigenvalue weighted by atomic mass is 9.72. The van der Waals surface area contributed by atoms with Crippen LogP contribution in [0.4, 0.5) is 13.2 Å². The largest absolute Gasteiger partial charge is 0.490 e. The molecule has 2 fully saturated rings. The van der Waals surface area contributed by atoms with Crippen molar-refractivity contribution in [1.29, 1.82) is 0 Å². The summed E-state index contributed by atoms with van der Waals surface area (Å²) in [6.45, 7) is 7.92. The molecule has 4 rings (SSSR count). The number of carbonyl (C=O) groups is 1. The van der Waals surface area contributed by atoms with Crippen molar-refractivity contribution in [3.8, 4) is 5.75 Å². The Labute approximate surface area is 198 Å². The van der Waals surface area contributed by atoms with Crippen LogP contribution in [-0.4, -0.2) is 42.2 Å². The van der Waals surface area contributed by atoms with Crippen LogP contribution in [0.15, 0.2) is 24.3 Å². The van der Waals surface area contributed by atoms with E-state index in [2.05, 4.69) is 25.8 Å². The van der Waals surface area contributed by atoms with Gasteiger partial charge in [-0.2, -0.15) is 13.2 Å². The third-order valence-electron chi connectivity index (χ3n) is 7.22. The number of fused-ring (bicyclic) bond motifs is 1. The van der Waals surface area contributed by atoms with Gasteiger partial charge < -0.3 is 9.47 Å². The van der Waals surface area contributed by atoms with Crippen molar-refractivity contribution in [3.05, 3.63) is 35.5 Å². The zero-order valence-corrected chi connectivity index (χ0v) is 20.2. The van der Waals surface area contributed by atoms with Gasteiger partial charge in [0.05, 0.1) is 35.9 Å². The van der Waals surface area contributed by atoms with Crippen LogP contribution in [0.25, 0.3) is 10.9 Å². The number of carbonyl (C=O) groups excluding carboxylic acids is 1. The average Bonchev–Trinajstić information content (AvgIpc) is 2.74. The van der Waals surface area contributed by atoms with E-state index in [4.69, 9.17) is 9.47 Å². The maximum Gasteiger partial charge on any atom is 0.417 e. The third-order valence-corrected chi connectivity index (χ3v) is 7.22. The minimum atomic E-state index is -4.51. The van der Waals surface area contributed by atoms with Crippen LogP contribution in [0.1, 0.15) is 57.7 Å². The Bertz CT molecular complexity index is 1030. The monoisotopic (exact) mass is 478 g/mol. The Kier molecular flexibility index (Phi) is 6.82. The fourth-order valence-corrected chi connectivity index (χ4v) is 5.13. The average molecular weight is 479 g/mol. The second-order valence-corrected chi connectivity index (χ2v) is 10.7. The number of alkyl halides is 3. The molecule has 2 heterocycles. The molecule has 1 aromatic carbocycles. The first-order valence-corrected chi connectivity index (χ1v) is 11.9. The second kappa shape index (κ2) is 9.36. The number of hydrogen-bond acceptors (Lipinski definition) is 5. The number of ether oxygens (including phenoxy) is 2. The van der Waals surface area contributed by atoms with Gasteiger partial charge in [-0.3, -0.25) is 14.7 Å². The molecule has 5 nitrogen and oxygen atoms in total. The number of halogens is 3. The first-order valence-electron chi connectivity index (χ1n) is 11.9. The highest BCUT2D eigenvalue weighted by Gasteiger charge is 2.36. The van der Waals surface area contributed by atoms with Gasteiger partial charge in [0.2, 0.25) is 0 Å². The minimum Gasteiger partial charge on any atom is -0.490 e. The zero-order valence-electron chi connectivity index (χ0n) is 20.2. The molecule has 1 saturated carbocycles. The van der Waals surface area contributed by atoms with Gasteiger partial charge in [0.25, 0.3) is 0 Å². The predicted octanol–water partition coefficient (Wildman–Crippen LogP) is 5.84. The van der Waals surface area contributed by atoms with Gasteiger partial charge in [-0.1, -0.05) is 20.8 Å². The number of likely N-dealkylation sites (tertiary alicyclic amines) is 1. The van der Waals surface area contributed by atoms with Gasteiger partial charge in [-0.25, -0.2) is 0 Å². The number of rotatable bonds is 5. The molecule has 0 spiro atoms. The summed E-state index contributed by atoms with van der Waals surface area (Å²) >= 11 is 0. The number of hydrogen-bond donors (Lipinski definition) is 0. The predicted molar refractivity (Wildman–Crippen MR) is 123 cm³/mol. The van der Waals surface area contributed by atoms with Crippen molar-refractivity contribution in [1.82, 2.24) is 9.88 Å². The molecule has 1 saturated heterocycles. The van der Waals surface area contributed by atoms with Gasteiger partial charge in [0.15, 0.2) is 0 Å². The summed E-state index contributed by atoms with van der Waals surface area (Å²) in [6, 6.07) is 5.91. The fourth-order valence-electron chi connectivity index (χ4n) is 5.13. The molecule has 34 heavy (non-hydrogen) atoms. The molecule has 0 bridgehead atoms. The van der Waals surface area contributed by atoms with E-state index in [1.165, 1.54) is 13.2 Å². The van der Waals surface area contributed by atoms with Gasteiger partial charge in [0.1, 0.15) is 5.75 Å². The molecular weight excluding hydrogens is 445 g/mol. The first kappa shape index (κ1) is 24.8. The topological polar surface area (TPSA) is 51.7 Å². The quantitative estimate of drug-likeness (QED) is 0.505. The number of pyridine rings is 1. The van der Waals surface area contributed by atoms with E-state index >= 15 is 0 Å². The van der Waals surface area contributed by atoms with Gasteiger partial charge in [-0.05, 0) is 61.3 Å². The van der Waals surface area contributed by atoms with E-state index in [0.717, 1.165) is 31.7 Å². The molecule has 1 aromatic heterocycles. The molecular formula is C26H33F3N2O3. The van der Waals surface area contributed by atoms with Crippen molar-refractivity contribution in [2.75, 3.05) is 20.2 Å². The molecule has 1 aliphatic heterocycles. The zero-order chi connectivity index (χ0) is 24.7. The summed E-state index contributed by atoms with van der Waals surface area (Å²) in [5.74, 6) is 0.567. The highest BCUT2D eigenvalue weighted by atomic mass is 19.4. The fraction of sp³-hybridized carbons (Fsp3) is 0.615. The van der Waals surface area contributed by atoms with Crippen LogP contribution >= 0.6 is 0 Å². The van der Waals surface area contributed by atoms with Gasteiger partial charge in [-0.15, -0.1) is 0 Å². The van der Waals surface area contributed by atoms with Crippen LogP contribution in [0.5, 0.6) is 5.75 Å². The van der Waals surface area contributed by atoms with Crippen molar-refractivity contribution in [2.24, 2.45) is 17.3 Å².